The minimum absolute atomic E-state index is 0.0224. The number of carbonyl (C=O) groups is 13. The van der Waals surface area contributed by atoms with Crippen LogP contribution in [0.5, 0.6) is 11.5 Å². The van der Waals surface area contributed by atoms with Gasteiger partial charge in [0.2, 0.25) is 65.0 Å². The fraction of sp³-hybridized carbons (Fsp3) is 0.481. The number of aromatic hydroxyl groups is 2. The van der Waals surface area contributed by atoms with Crippen LogP contribution in [-0.2, 0) is 99.5 Å². The highest BCUT2D eigenvalue weighted by Crippen LogP contribution is 2.25. The van der Waals surface area contributed by atoms with E-state index in [-0.39, 0.29) is 81.6 Å². The number of aliphatic hydroxyl groups is 2. The number of H-pyrrole nitrogens is 2. The van der Waals surface area contributed by atoms with Crippen LogP contribution in [-0.4, -0.2) is 213 Å². The summed E-state index contributed by atoms with van der Waals surface area (Å²) in [5, 5.41) is 80.0. The van der Waals surface area contributed by atoms with E-state index in [1.165, 1.54) is 111 Å². The molecule has 21 N–H and O–H groups in total. The molecule has 3 aromatic carbocycles. The van der Waals surface area contributed by atoms with Crippen LogP contribution >= 0.6 is 23.5 Å². The van der Waals surface area contributed by atoms with Gasteiger partial charge in [-0.25, -0.2) is 9.97 Å². The van der Waals surface area contributed by atoms with Gasteiger partial charge in [0.05, 0.1) is 30.5 Å². The van der Waals surface area contributed by atoms with E-state index in [4.69, 9.17) is 11.5 Å². The van der Waals surface area contributed by atoms with Gasteiger partial charge in [0.25, 0.3) is 0 Å². The number of nitrogens with two attached hydrogens (primary N) is 2. The largest absolute Gasteiger partial charge is 0.508 e. The number of benzene rings is 3. The molecule has 0 spiro atoms. The van der Waals surface area contributed by atoms with Crippen molar-refractivity contribution >= 4 is 111 Å². The second-order valence-corrected chi connectivity index (χ2v) is 31.7. The Bertz CT molecular complexity index is 4310. The molecular formula is C79H106N16O18S2. The predicted molar refractivity (Wildman–Crippen MR) is 428 cm³/mol. The monoisotopic (exact) mass is 1630 g/mol. The Balaban J connectivity index is 1.26. The Kier molecular flexibility index (Phi) is 35.4. The number of rotatable bonds is 20. The number of hydrogen-bond donors (Lipinski definition) is 19. The maximum Gasteiger partial charge on any atom is 0.303 e. The number of phenolic OH excluding ortho intramolecular Hbond substituents is 2. The number of primary amides is 1. The normalized spacial score (nSPS) is 23.4. The number of nitrogens with one attached hydrogen (secondary N) is 12. The molecule has 36 heteroatoms. The number of aliphatic carboxylic acids is 1. The average molecular weight is 1630 g/mol. The van der Waals surface area contributed by atoms with Crippen molar-refractivity contribution in [1.29, 1.82) is 0 Å². The van der Waals surface area contributed by atoms with Crippen LogP contribution in [0.25, 0.3) is 11.0 Å². The molecule has 3 aromatic heterocycles. The van der Waals surface area contributed by atoms with E-state index in [0.717, 1.165) is 11.1 Å². The molecule has 1 unspecified atom stereocenters. The molecular weight excluding hydrogens is 1530 g/mol. The van der Waals surface area contributed by atoms with Gasteiger partial charge in [0.15, 0.2) is 5.78 Å². The van der Waals surface area contributed by atoms with E-state index in [1.54, 1.807) is 39.8 Å². The van der Waals surface area contributed by atoms with Crippen molar-refractivity contribution in [2.45, 2.75) is 209 Å². The molecule has 1 aliphatic heterocycles. The van der Waals surface area contributed by atoms with Gasteiger partial charge in [0, 0.05) is 97.6 Å². The number of amides is 11. The lowest BCUT2D eigenvalue weighted by atomic mass is 9.85. The fourth-order valence-electron chi connectivity index (χ4n) is 12.7. The topological polar surface area (TPSA) is 553 Å². The molecule has 4 heterocycles. The second kappa shape index (κ2) is 44.6. The lowest BCUT2D eigenvalue weighted by Crippen LogP contribution is -2.63. The number of fused-ring (bicyclic) bond motifs is 3. The average Bonchev–Trinajstić information content (AvgIpc) is 1.70. The molecule has 2 bridgehead atoms. The predicted octanol–water partition coefficient (Wildman–Crippen LogP) is 1.05. The Morgan fingerprint density at radius 1 is 0.583 bits per heavy atom. The number of aliphatic hydroxyl groups excluding tert-OH is 2. The Labute approximate surface area is 673 Å². The summed E-state index contributed by atoms with van der Waals surface area (Å²) in [6.07, 6.45) is -0.283. The molecule has 0 fully saturated rings. The van der Waals surface area contributed by atoms with Gasteiger partial charge < -0.3 is 100 Å². The van der Waals surface area contributed by atoms with Gasteiger partial charge in [-0.1, -0.05) is 82.6 Å². The zero-order chi connectivity index (χ0) is 84.1. The molecule has 7 rings (SSSR count). The number of carboxylic acid groups (broad SMARTS) is 1. The number of hydrogen-bond acceptors (Lipinski definition) is 22. The molecule has 0 saturated heterocycles. The minimum atomic E-state index is -1.92. The van der Waals surface area contributed by atoms with Gasteiger partial charge >= 0.3 is 5.97 Å². The van der Waals surface area contributed by atoms with Crippen molar-refractivity contribution in [3.05, 3.63) is 143 Å². The molecule has 0 radical (unpaired) electrons. The van der Waals surface area contributed by atoms with Crippen molar-refractivity contribution < 1.29 is 87.9 Å². The van der Waals surface area contributed by atoms with Gasteiger partial charge in [-0.05, 0) is 122 Å². The first-order valence-corrected chi connectivity index (χ1v) is 40.3. The van der Waals surface area contributed by atoms with Gasteiger partial charge in [0.1, 0.15) is 71.5 Å². The first-order chi connectivity index (χ1) is 54.7. The van der Waals surface area contributed by atoms with E-state index in [0.29, 0.717) is 57.1 Å². The van der Waals surface area contributed by atoms with E-state index in [2.05, 4.69) is 73.1 Å². The summed E-state index contributed by atoms with van der Waals surface area (Å²) in [4.78, 5) is 201. The summed E-state index contributed by atoms with van der Waals surface area (Å²) >= 11 is 2.69. The van der Waals surface area contributed by atoms with Crippen LogP contribution in [0.1, 0.15) is 133 Å². The molecule has 34 nitrogen and oxygen atoms in total. The first-order valence-electron chi connectivity index (χ1n) is 38.0. The lowest BCUT2D eigenvalue weighted by Gasteiger charge is -2.32. The molecule has 6 aromatic rings. The van der Waals surface area contributed by atoms with Crippen molar-refractivity contribution in [2.24, 2.45) is 22.8 Å². The lowest BCUT2D eigenvalue weighted by molar-refractivity contribution is -0.139. The third kappa shape index (κ3) is 29.1. The number of aromatic amines is 2. The molecule has 0 aliphatic carbocycles. The van der Waals surface area contributed by atoms with Gasteiger partial charge in [-0.15, -0.1) is 0 Å². The fourth-order valence-corrected chi connectivity index (χ4v) is 14.6. The summed E-state index contributed by atoms with van der Waals surface area (Å²) in [6.45, 7) is 9.40. The number of nitrogens with zero attached hydrogens (tertiary/aromatic N) is 2. The number of pyridine rings is 1. The third-order valence-electron chi connectivity index (χ3n) is 19.1. The van der Waals surface area contributed by atoms with E-state index in [9.17, 15) is 83.1 Å². The Morgan fingerprint density at radius 3 is 1.67 bits per heavy atom. The number of carbonyl (C=O) groups excluding carboxylic acids is 12. The number of thioether (sulfide) groups is 2. The summed E-state index contributed by atoms with van der Waals surface area (Å²) in [6, 6.07) is 6.44. The quantitative estimate of drug-likeness (QED) is 0.0475. The number of carboxylic acids is 1. The van der Waals surface area contributed by atoms with E-state index in [1.807, 2.05) is 24.3 Å². The zero-order valence-electron chi connectivity index (χ0n) is 65.0. The highest BCUT2D eigenvalue weighted by Gasteiger charge is 2.40. The highest BCUT2D eigenvalue weighted by molar-refractivity contribution is 7.98. The summed E-state index contributed by atoms with van der Waals surface area (Å²) < 4.78 is 0. The molecule has 622 valence electrons. The summed E-state index contributed by atoms with van der Waals surface area (Å²) in [7, 11) is 0. The Morgan fingerprint density at radius 2 is 1.12 bits per heavy atom. The van der Waals surface area contributed by atoms with Crippen molar-refractivity contribution in [3.8, 4) is 11.5 Å². The number of unbranched alkanes of at least 4 members (excludes halogenated alkanes) is 1. The minimum Gasteiger partial charge on any atom is -0.508 e. The number of imidazole rings is 1. The van der Waals surface area contributed by atoms with Crippen LogP contribution in [0.4, 0.5) is 0 Å². The van der Waals surface area contributed by atoms with Crippen LogP contribution in [0, 0.1) is 11.3 Å². The van der Waals surface area contributed by atoms with Crippen molar-refractivity contribution in [2.75, 3.05) is 18.1 Å². The van der Waals surface area contributed by atoms with Crippen LogP contribution in [0.2, 0.25) is 0 Å². The number of ketones is 1. The second-order valence-electron chi connectivity index (χ2n) is 29.6. The molecule has 13 atom stereocenters. The van der Waals surface area contributed by atoms with E-state index < -0.39 is 180 Å². The maximum atomic E-state index is 15.2. The van der Waals surface area contributed by atoms with Crippen LogP contribution in [0.3, 0.4) is 0 Å². The van der Waals surface area contributed by atoms with Crippen LogP contribution < -0.4 is 64.6 Å². The summed E-state index contributed by atoms with van der Waals surface area (Å²) in [5.74, 6) is -13.2. The van der Waals surface area contributed by atoms with Crippen molar-refractivity contribution in [1.82, 2.24) is 73.1 Å². The van der Waals surface area contributed by atoms with E-state index >= 15 is 4.79 Å². The van der Waals surface area contributed by atoms with Crippen LogP contribution in [0.15, 0.2) is 110 Å². The number of phenols is 2. The molecule has 115 heavy (non-hydrogen) atoms. The maximum absolute atomic E-state index is 15.2. The Hall–Kier alpha value is -11.0. The van der Waals surface area contributed by atoms with Crippen molar-refractivity contribution in [3.63, 3.8) is 0 Å². The van der Waals surface area contributed by atoms with Gasteiger partial charge in [-0.2, -0.15) is 23.5 Å². The molecule has 0 saturated carbocycles. The first kappa shape index (κ1) is 91.2. The van der Waals surface area contributed by atoms with Gasteiger partial charge in [-0.3, -0.25) is 62.3 Å². The number of Topliss-reactive ketones (excluding diaryl/α,β-unsaturated/α-hetero) is 1. The smallest absolute Gasteiger partial charge is 0.303 e. The molecule has 1 aliphatic rings. The standard InChI is InChI=1S/C79H106N16O18S2/c1-7-12-55-63(100)36-54(43(2)96)70(105)93-62(68(81)104)41-115-40-48-14-10-13-47(31-48)39-114-30-27-64(101)94-67(79(4,5)6)78(113)92-59(33-46-19-23-52(99)24-20-46)74(109)90-61(35-50-38-82-42-85-50)76(111)95-66(44(3)97)77(112)91-60(34-49-37-84-69-53(49)15-11-29-83-69)75(110)87-56(16-8-9-28-80)71(106)88-57(25-26-65(102)103)72(107)89-58(73(108)86-55)32-45-17-21-51(98)22-18-45/h10-11,13-15,17-24,29,31,37-38,42-44,54-62,66-67,96-99H,7-9,12,16,25-28,30,32-36,39-41,80H2,1-6H3,(H2,81,104)(H,82,85)(H,83,84)(H,86,108)(H,87,110)(H,88,106)(H,89,107)(H,90,109)(H,91,112)(H,92,113)(H,93,105)(H,94,101)(H,95,111)(H,102,103)/t43-,44-,54?,55+,56+,57+,58+,59+,60+,61+,62+,66+,67-/m1/s1. The number of aromatic nitrogens is 4. The SMILES string of the molecule is CCC[C@@H]1NC(=O)[C@H](Cc2ccc(O)cc2)NC(=O)[C@H](CCC(=O)O)NC(=O)[C@H](CCCCN)NC(=O)[C@H](Cc2c[nH]c3ncccc23)NC(=O)[C@H]([C@@H](C)O)NC(=O)[C@H](Cc2cnc[nH]2)NC(=O)[C@H](Cc2ccc(O)cc2)NC(=O)[C@H](C(C)(C)C)NC(=O)CCSCc2cccc(c2)CSC[C@@H](C(N)=O)NC(=O)C([C@@H](C)O)CC1=O. The zero-order valence-corrected chi connectivity index (χ0v) is 66.7. The highest BCUT2D eigenvalue weighted by atomic mass is 32.2. The summed E-state index contributed by atoms with van der Waals surface area (Å²) in [5.41, 5.74) is 14.4. The molecule has 11 amide bonds. The third-order valence-corrected chi connectivity index (χ3v) is 21.3.